The van der Waals surface area contributed by atoms with Gasteiger partial charge < -0.3 is 10.1 Å². The van der Waals surface area contributed by atoms with E-state index in [0.29, 0.717) is 6.04 Å². The van der Waals surface area contributed by atoms with Crippen LogP contribution < -0.4 is 10.1 Å². The van der Waals surface area contributed by atoms with E-state index in [1.807, 2.05) is 13.0 Å². The maximum atomic E-state index is 12.2. The highest BCUT2D eigenvalue weighted by Crippen LogP contribution is 2.26. The largest absolute Gasteiger partial charge is 0.496 e. The Morgan fingerprint density at radius 1 is 1.33 bits per heavy atom. The maximum absolute atomic E-state index is 12.2. The number of ether oxygens (including phenoxy) is 1. The first-order valence-electron chi connectivity index (χ1n) is 8.66. The molecule has 5 nitrogen and oxygen atoms in total. The van der Waals surface area contributed by atoms with Crippen LogP contribution in [0.4, 0.5) is 0 Å². The Bertz CT molecular complexity index is 584. The lowest BCUT2D eigenvalue weighted by molar-refractivity contribution is -0.126. The van der Waals surface area contributed by atoms with Crippen molar-refractivity contribution in [2.75, 3.05) is 33.3 Å². The van der Waals surface area contributed by atoms with Crippen LogP contribution in [0.3, 0.4) is 0 Å². The SMILES string of the molecule is COc1ccc(CN2CCN(C(C)C(=O)NC3CC3)CC2)cc1Br. The third kappa shape index (κ3) is 4.49. The molecule has 1 aliphatic heterocycles. The van der Waals surface area contributed by atoms with E-state index < -0.39 is 0 Å². The van der Waals surface area contributed by atoms with Crippen molar-refractivity contribution in [3.63, 3.8) is 0 Å². The van der Waals surface area contributed by atoms with Gasteiger partial charge in [0.1, 0.15) is 5.75 Å². The van der Waals surface area contributed by atoms with Crippen molar-refractivity contribution in [3.8, 4) is 5.75 Å². The second kappa shape index (κ2) is 7.85. The molecule has 1 aromatic rings. The summed E-state index contributed by atoms with van der Waals surface area (Å²) in [7, 11) is 1.68. The summed E-state index contributed by atoms with van der Waals surface area (Å²) in [5.41, 5.74) is 1.27. The van der Waals surface area contributed by atoms with Gasteiger partial charge in [0, 0.05) is 38.8 Å². The summed E-state index contributed by atoms with van der Waals surface area (Å²) in [6.45, 7) is 6.82. The number of hydrogen-bond acceptors (Lipinski definition) is 4. The molecule has 0 radical (unpaired) electrons. The minimum atomic E-state index is -0.0251. The number of rotatable bonds is 6. The predicted molar refractivity (Wildman–Crippen MR) is 98.2 cm³/mol. The van der Waals surface area contributed by atoms with Gasteiger partial charge in [-0.1, -0.05) is 6.07 Å². The van der Waals surface area contributed by atoms with Crippen molar-refractivity contribution in [3.05, 3.63) is 28.2 Å². The van der Waals surface area contributed by atoms with Crippen LogP contribution in [0.15, 0.2) is 22.7 Å². The van der Waals surface area contributed by atoms with Crippen LogP contribution in [0.25, 0.3) is 0 Å². The fourth-order valence-electron chi connectivity index (χ4n) is 3.09. The smallest absolute Gasteiger partial charge is 0.237 e. The average Bonchev–Trinajstić information content (AvgIpc) is 3.39. The lowest BCUT2D eigenvalue weighted by atomic mass is 10.1. The molecule has 2 fully saturated rings. The quantitative estimate of drug-likeness (QED) is 0.801. The van der Waals surface area contributed by atoms with E-state index in [1.165, 1.54) is 5.56 Å². The summed E-state index contributed by atoms with van der Waals surface area (Å²) >= 11 is 3.55. The van der Waals surface area contributed by atoms with Crippen molar-refractivity contribution in [2.24, 2.45) is 0 Å². The highest BCUT2D eigenvalue weighted by atomic mass is 79.9. The molecule has 1 N–H and O–H groups in total. The minimum absolute atomic E-state index is 0.0251. The third-order valence-electron chi connectivity index (χ3n) is 4.88. The summed E-state index contributed by atoms with van der Waals surface area (Å²) in [6.07, 6.45) is 2.29. The molecule has 0 bridgehead atoms. The predicted octanol–water partition coefficient (Wildman–Crippen LogP) is 2.24. The zero-order valence-electron chi connectivity index (χ0n) is 14.4. The Morgan fingerprint density at radius 2 is 2.04 bits per heavy atom. The zero-order chi connectivity index (χ0) is 17.1. The highest BCUT2D eigenvalue weighted by Gasteiger charge is 2.29. The van der Waals surface area contributed by atoms with Crippen LogP contribution in [0.1, 0.15) is 25.3 Å². The van der Waals surface area contributed by atoms with Gasteiger partial charge in [-0.05, 0) is 53.4 Å². The van der Waals surface area contributed by atoms with E-state index in [-0.39, 0.29) is 11.9 Å². The van der Waals surface area contributed by atoms with Crippen LogP contribution in [-0.4, -0.2) is 61.1 Å². The third-order valence-corrected chi connectivity index (χ3v) is 5.50. The molecule has 1 saturated heterocycles. The summed E-state index contributed by atoms with van der Waals surface area (Å²) < 4.78 is 6.27. The van der Waals surface area contributed by atoms with Gasteiger partial charge in [0.25, 0.3) is 0 Å². The van der Waals surface area contributed by atoms with Crippen molar-refractivity contribution in [2.45, 2.75) is 38.4 Å². The maximum Gasteiger partial charge on any atom is 0.237 e. The van der Waals surface area contributed by atoms with Gasteiger partial charge in [0.15, 0.2) is 0 Å². The van der Waals surface area contributed by atoms with E-state index in [4.69, 9.17) is 4.74 Å². The normalized spacial score (nSPS) is 20.6. The van der Waals surface area contributed by atoms with Crippen LogP contribution in [0.5, 0.6) is 5.75 Å². The monoisotopic (exact) mass is 395 g/mol. The number of halogens is 1. The van der Waals surface area contributed by atoms with Gasteiger partial charge in [-0.2, -0.15) is 0 Å². The number of carbonyl (C=O) groups is 1. The molecule has 0 spiro atoms. The molecule has 3 rings (SSSR count). The summed E-state index contributed by atoms with van der Waals surface area (Å²) in [5.74, 6) is 1.05. The van der Waals surface area contributed by atoms with Gasteiger partial charge >= 0.3 is 0 Å². The number of benzene rings is 1. The van der Waals surface area contributed by atoms with Gasteiger partial charge in [-0.3, -0.25) is 14.6 Å². The number of nitrogens with one attached hydrogen (secondary N) is 1. The zero-order valence-corrected chi connectivity index (χ0v) is 16.0. The fraction of sp³-hybridized carbons (Fsp3) is 0.611. The fourth-order valence-corrected chi connectivity index (χ4v) is 3.68. The molecule has 1 amide bonds. The van der Waals surface area contributed by atoms with Crippen molar-refractivity contribution in [1.29, 1.82) is 0 Å². The molecule has 1 saturated carbocycles. The molecule has 2 aliphatic rings. The topological polar surface area (TPSA) is 44.8 Å². The first-order valence-corrected chi connectivity index (χ1v) is 9.45. The van der Waals surface area contributed by atoms with Crippen LogP contribution in [-0.2, 0) is 11.3 Å². The van der Waals surface area contributed by atoms with Crippen LogP contribution in [0, 0.1) is 0 Å². The van der Waals surface area contributed by atoms with E-state index in [0.717, 1.165) is 55.8 Å². The number of carbonyl (C=O) groups excluding carboxylic acids is 1. The molecule has 1 atom stereocenters. The second-order valence-corrected chi connectivity index (χ2v) is 7.59. The number of methoxy groups -OCH3 is 1. The summed E-state index contributed by atoms with van der Waals surface area (Å²) in [6, 6.07) is 6.65. The Balaban J connectivity index is 1.47. The van der Waals surface area contributed by atoms with Crippen LogP contribution in [0.2, 0.25) is 0 Å². The van der Waals surface area contributed by atoms with Crippen molar-refractivity contribution >= 4 is 21.8 Å². The van der Waals surface area contributed by atoms with Gasteiger partial charge in [-0.25, -0.2) is 0 Å². The van der Waals surface area contributed by atoms with E-state index in [9.17, 15) is 4.79 Å². The molecule has 132 valence electrons. The molecule has 1 aliphatic carbocycles. The van der Waals surface area contributed by atoms with Crippen molar-refractivity contribution in [1.82, 2.24) is 15.1 Å². The first kappa shape index (κ1) is 17.7. The van der Waals surface area contributed by atoms with E-state index in [2.05, 4.69) is 43.2 Å². The Morgan fingerprint density at radius 3 is 2.62 bits per heavy atom. The van der Waals surface area contributed by atoms with Crippen LogP contribution >= 0.6 is 15.9 Å². The van der Waals surface area contributed by atoms with E-state index >= 15 is 0 Å². The molecular weight excluding hydrogens is 370 g/mol. The number of nitrogens with zero attached hydrogens (tertiary/aromatic N) is 2. The lowest BCUT2D eigenvalue weighted by Gasteiger charge is -2.37. The molecular formula is C18H26BrN3O2. The Kier molecular flexibility index (Phi) is 5.79. The second-order valence-electron chi connectivity index (χ2n) is 6.74. The lowest BCUT2D eigenvalue weighted by Crippen LogP contribution is -2.53. The molecule has 0 aromatic heterocycles. The van der Waals surface area contributed by atoms with Gasteiger partial charge in [0.2, 0.25) is 5.91 Å². The number of hydrogen-bond donors (Lipinski definition) is 1. The van der Waals surface area contributed by atoms with Gasteiger partial charge in [0.05, 0.1) is 17.6 Å². The van der Waals surface area contributed by atoms with E-state index in [1.54, 1.807) is 7.11 Å². The number of piperazine rings is 1. The highest BCUT2D eigenvalue weighted by molar-refractivity contribution is 9.10. The molecule has 1 unspecified atom stereocenters. The molecule has 1 aromatic carbocycles. The summed E-state index contributed by atoms with van der Waals surface area (Å²) in [4.78, 5) is 16.9. The Hall–Kier alpha value is -1.11. The first-order chi connectivity index (χ1) is 11.6. The molecule has 1 heterocycles. The van der Waals surface area contributed by atoms with Gasteiger partial charge in [-0.15, -0.1) is 0 Å². The average molecular weight is 396 g/mol. The Labute approximate surface area is 152 Å². The minimum Gasteiger partial charge on any atom is -0.496 e. The number of amides is 1. The van der Waals surface area contributed by atoms with Crippen molar-refractivity contribution < 1.29 is 9.53 Å². The molecule has 24 heavy (non-hydrogen) atoms. The standard InChI is InChI=1S/C18H26BrN3O2/c1-13(18(23)20-15-4-5-15)22-9-7-21(8-10-22)12-14-3-6-17(24-2)16(19)11-14/h3,6,11,13,15H,4-5,7-10,12H2,1-2H3,(H,20,23). The molecule has 6 heteroatoms. The summed E-state index contributed by atoms with van der Waals surface area (Å²) in [5, 5.41) is 3.11.